The van der Waals surface area contributed by atoms with Crippen LogP contribution in [-0.4, -0.2) is 96.7 Å². The number of carbonyl (C=O) groups is 4. The molecule has 3 N–H and O–H groups in total. The number of phosphoric ester groups is 2. The van der Waals surface area contributed by atoms with Crippen LogP contribution in [0.15, 0.2) is 0 Å². The number of rotatable bonds is 70. The second kappa shape index (κ2) is 62.8. The molecule has 0 heterocycles. The molecule has 0 aromatic rings. The molecule has 0 spiro atoms. The summed E-state index contributed by atoms with van der Waals surface area (Å²) in [6.45, 7) is 11.8. The van der Waals surface area contributed by atoms with Crippen LogP contribution in [-0.2, 0) is 65.4 Å². The van der Waals surface area contributed by atoms with E-state index in [1.165, 1.54) is 167 Å². The van der Waals surface area contributed by atoms with E-state index in [9.17, 15) is 43.2 Å². The number of phosphoric acid groups is 2. The van der Waals surface area contributed by atoms with Crippen molar-refractivity contribution in [3.63, 3.8) is 0 Å². The zero-order valence-corrected chi connectivity index (χ0v) is 61.1. The van der Waals surface area contributed by atoms with Crippen molar-refractivity contribution in [1.82, 2.24) is 0 Å². The predicted octanol–water partition coefficient (Wildman–Crippen LogP) is 20.6. The first kappa shape index (κ1) is 89.1. The predicted molar refractivity (Wildman–Crippen MR) is 368 cm³/mol. The molecule has 0 aliphatic heterocycles. The Kier molecular flexibility index (Phi) is 61.5. The standard InChI is InChI=1S/C72H140O17P2/c1-8-10-11-36-46-53-69(74)82-59-67(88-72(77)56-49-42-35-29-28-32-39-45-52-65(7)9-2)61-86-90(78,79)84-57-66(73)58-85-91(80,81)87-62-68(89-71(76)55-48-41-34-27-23-19-15-13-17-21-25-31-38-44-51-64(5)6)60-83-70(75)54-47-40-33-26-22-18-14-12-16-20-24-30-37-43-50-63(3)4/h63-68,73H,8-62H2,1-7H3,(H,78,79)(H,80,81)/t65?,66-,67+,68+/m0/s1. The van der Waals surface area contributed by atoms with E-state index in [1.807, 2.05) is 0 Å². The number of esters is 4. The zero-order valence-electron chi connectivity index (χ0n) is 59.3. The van der Waals surface area contributed by atoms with Gasteiger partial charge in [0.05, 0.1) is 26.4 Å². The van der Waals surface area contributed by atoms with Crippen LogP contribution in [0.5, 0.6) is 0 Å². The second-order valence-electron chi connectivity index (χ2n) is 27.2. The molecule has 0 bridgehead atoms. The van der Waals surface area contributed by atoms with Crippen molar-refractivity contribution in [2.24, 2.45) is 17.8 Å². The Balaban J connectivity index is 5.16. The van der Waals surface area contributed by atoms with Gasteiger partial charge in [0.25, 0.3) is 0 Å². The highest BCUT2D eigenvalue weighted by atomic mass is 31.2. The first-order valence-corrected chi connectivity index (χ1v) is 40.4. The summed E-state index contributed by atoms with van der Waals surface area (Å²) >= 11 is 0. The molecule has 0 radical (unpaired) electrons. The fourth-order valence-corrected chi connectivity index (χ4v) is 12.4. The molecule has 540 valence electrons. The van der Waals surface area contributed by atoms with E-state index in [1.54, 1.807) is 0 Å². The lowest BCUT2D eigenvalue weighted by Gasteiger charge is -2.21. The number of aliphatic hydroxyl groups is 1. The van der Waals surface area contributed by atoms with Crippen LogP contribution in [0.25, 0.3) is 0 Å². The smallest absolute Gasteiger partial charge is 0.462 e. The summed E-state index contributed by atoms with van der Waals surface area (Å²) in [6.07, 6.45) is 47.5. The number of aliphatic hydroxyl groups excluding tert-OH is 1. The van der Waals surface area contributed by atoms with E-state index in [4.69, 9.17) is 37.0 Å². The van der Waals surface area contributed by atoms with Crippen LogP contribution >= 0.6 is 15.6 Å². The Hall–Kier alpha value is -1.94. The number of hydrogen-bond donors (Lipinski definition) is 3. The van der Waals surface area contributed by atoms with Gasteiger partial charge in [-0.2, -0.15) is 0 Å². The van der Waals surface area contributed by atoms with E-state index in [-0.39, 0.29) is 25.7 Å². The van der Waals surface area contributed by atoms with E-state index in [2.05, 4.69) is 48.5 Å². The molecule has 6 atom stereocenters. The molecule has 17 nitrogen and oxygen atoms in total. The Morgan fingerprint density at radius 1 is 0.319 bits per heavy atom. The van der Waals surface area contributed by atoms with E-state index in [0.29, 0.717) is 25.7 Å². The van der Waals surface area contributed by atoms with E-state index >= 15 is 0 Å². The molecule has 0 aromatic heterocycles. The Bertz CT molecular complexity index is 1790. The zero-order chi connectivity index (χ0) is 67.3. The Morgan fingerprint density at radius 2 is 0.560 bits per heavy atom. The van der Waals surface area contributed by atoms with Gasteiger partial charge in [-0.15, -0.1) is 0 Å². The van der Waals surface area contributed by atoms with Gasteiger partial charge in [-0.3, -0.25) is 37.3 Å². The molecule has 0 aliphatic carbocycles. The van der Waals surface area contributed by atoms with Crippen molar-refractivity contribution >= 4 is 39.5 Å². The van der Waals surface area contributed by atoms with Gasteiger partial charge in [0.2, 0.25) is 0 Å². The van der Waals surface area contributed by atoms with Crippen LogP contribution in [0.4, 0.5) is 0 Å². The average molecular weight is 1340 g/mol. The summed E-state index contributed by atoms with van der Waals surface area (Å²) in [5, 5.41) is 10.6. The molecule has 0 saturated heterocycles. The number of hydrogen-bond acceptors (Lipinski definition) is 15. The van der Waals surface area contributed by atoms with Crippen molar-refractivity contribution in [2.75, 3.05) is 39.6 Å². The summed E-state index contributed by atoms with van der Waals surface area (Å²) in [6, 6.07) is 0. The lowest BCUT2D eigenvalue weighted by Crippen LogP contribution is -2.30. The molecule has 91 heavy (non-hydrogen) atoms. The Labute approximate surface area is 556 Å². The largest absolute Gasteiger partial charge is 0.472 e. The van der Waals surface area contributed by atoms with Gasteiger partial charge < -0.3 is 33.8 Å². The molecule has 0 aromatic carbocycles. The third-order valence-corrected chi connectivity index (χ3v) is 18.9. The van der Waals surface area contributed by atoms with Crippen LogP contribution < -0.4 is 0 Å². The van der Waals surface area contributed by atoms with E-state index < -0.39 is 97.5 Å². The van der Waals surface area contributed by atoms with Crippen LogP contribution in [0.2, 0.25) is 0 Å². The lowest BCUT2D eigenvalue weighted by atomic mass is 9.99. The fourth-order valence-electron chi connectivity index (χ4n) is 10.9. The van der Waals surface area contributed by atoms with Gasteiger partial charge in [0.15, 0.2) is 12.2 Å². The number of ether oxygens (including phenoxy) is 4. The SMILES string of the molecule is CCCCCCCC(=O)OC[C@H](COP(=O)(O)OC[C@H](O)COP(=O)(O)OC[C@@H](COC(=O)CCCCCCCCCCCCCCCCC(C)C)OC(=O)CCCCCCCCCCCCCCCCC(C)C)OC(=O)CCCCCCCCCCC(C)CC. The summed E-state index contributed by atoms with van der Waals surface area (Å²) < 4.78 is 68.2. The fraction of sp³-hybridized carbons (Fsp3) is 0.944. The van der Waals surface area contributed by atoms with E-state index in [0.717, 1.165) is 114 Å². The lowest BCUT2D eigenvalue weighted by molar-refractivity contribution is -0.161. The minimum Gasteiger partial charge on any atom is -0.462 e. The first-order valence-electron chi connectivity index (χ1n) is 37.4. The molecule has 0 saturated carbocycles. The molecular formula is C72H140O17P2. The van der Waals surface area contributed by atoms with Crippen molar-refractivity contribution in [2.45, 2.75) is 381 Å². The maximum atomic E-state index is 13.0. The summed E-state index contributed by atoms with van der Waals surface area (Å²) in [5.41, 5.74) is 0. The quantitative estimate of drug-likeness (QED) is 0.0222. The van der Waals surface area contributed by atoms with Crippen molar-refractivity contribution in [1.29, 1.82) is 0 Å². The summed E-state index contributed by atoms with van der Waals surface area (Å²) in [4.78, 5) is 72.4. The monoisotopic (exact) mass is 1340 g/mol. The van der Waals surface area contributed by atoms with Crippen molar-refractivity contribution in [3.8, 4) is 0 Å². The van der Waals surface area contributed by atoms with Crippen LogP contribution in [0, 0.1) is 17.8 Å². The molecular weight excluding hydrogens is 1200 g/mol. The van der Waals surface area contributed by atoms with Gasteiger partial charge in [-0.25, -0.2) is 9.13 Å². The highest BCUT2D eigenvalue weighted by Gasteiger charge is 2.30. The molecule has 19 heteroatoms. The molecule has 0 rings (SSSR count). The summed E-state index contributed by atoms with van der Waals surface area (Å²) in [7, 11) is -9.90. The van der Waals surface area contributed by atoms with Gasteiger partial charge in [-0.1, -0.05) is 312 Å². The first-order chi connectivity index (χ1) is 43.8. The third-order valence-electron chi connectivity index (χ3n) is 17.0. The van der Waals surface area contributed by atoms with Gasteiger partial charge in [0, 0.05) is 25.7 Å². The third kappa shape index (κ3) is 65.1. The Morgan fingerprint density at radius 3 is 0.835 bits per heavy atom. The minimum atomic E-state index is -4.95. The minimum absolute atomic E-state index is 0.104. The van der Waals surface area contributed by atoms with Crippen LogP contribution in [0.3, 0.4) is 0 Å². The second-order valence-corrected chi connectivity index (χ2v) is 30.1. The topological polar surface area (TPSA) is 237 Å². The van der Waals surface area contributed by atoms with Crippen LogP contribution in [0.1, 0.15) is 363 Å². The van der Waals surface area contributed by atoms with Crippen molar-refractivity contribution < 1.29 is 80.2 Å². The molecule has 0 amide bonds. The van der Waals surface area contributed by atoms with Gasteiger partial charge in [0.1, 0.15) is 19.3 Å². The molecule has 3 unspecified atom stereocenters. The van der Waals surface area contributed by atoms with Crippen molar-refractivity contribution in [3.05, 3.63) is 0 Å². The maximum absolute atomic E-state index is 13.0. The molecule has 0 fully saturated rings. The van der Waals surface area contributed by atoms with Gasteiger partial charge >= 0.3 is 39.5 Å². The maximum Gasteiger partial charge on any atom is 0.472 e. The summed E-state index contributed by atoms with van der Waals surface area (Å²) in [5.74, 6) is 0.229. The average Bonchev–Trinajstić information content (AvgIpc) is 2.35. The highest BCUT2D eigenvalue weighted by molar-refractivity contribution is 7.47. The number of carbonyl (C=O) groups excluding carboxylic acids is 4. The normalized spacial score (nSPS) is 14.5. The molecule has 0 aliphatic rings. The number of unbranched alkanes of at least 4 members (excludes halogenated alkanes) is 37. The van der Waals surface area contributed by atoms with Gasteiger partial charge in [-0.05, 0) is 43.4 Å². The highest BCUT2D eigenvalue weighted by Crippen LogP contribution is 2.45.